The number of rotatable bonds is 12. The lowest BCUT2D eigenvalue weighted by Gasteiger charge is -2.15. The minimum Gasteiger partial charge on any atom is -0.493 e. The van der Waals surface area contributed by atoms with Crippen molar-refractivity contribution >= 4 is 29.9 Å². The van der Waals surface area contributed by atoms with Crippen LogP contribution in [0.15, 0.2) is 41.4 Å². The summed E-state index contributed by atoms with van der Waals surface area (Å²) in [4.78, 5) is 4.70. The fourth-order valence-corrected chi connectivity index (χ4v) is 3.00. The molecule has 0 aliphatic rings. The summed E-state index contributed by atoms with van der Waals surface area (Å²) in [5.74, 6) is 3.03. The van der Waals surface area contributed by atoms with Gasteiger partial charge in [0, 0.05) is 38.8 Å². The minimum absolute atomic E-state index is 0. The van der Waals surface area contributed by atoms with Crippen LogP contribution in [-0.4, -0.2) is 47.0 Å². The predicted octanol–water partition coefficient (Wildman–Crippen LogP) is 4.30. The quantitative estimate of drug-likeness (QED) is 0.176. The second-order valence-electron chi connectivity index (χ2n) is 7.04. The highest BCUT2D eigenvalue weighted by Crippen LogP contribution is 2.27. The molecule has 0 fully saturated rings. The normalized spacial score (nSPS) is 10.8. The zero-order valence-corrected chi connectivity index (χ0v) is 22.0. The number of nitrogens with zero attached hydrogens (tertiary/aromatic N) is 1. The average molecular weight is 557 g/mol. The Labute approximate surface area is 208 Å². The molecule has 0 unspecified atom stereocenters. The van der Waals surface area contributed by atoms with Crippen LogP contribution in [0.4, 0.5) is 0 Å². The molecule has 2 N–H and O–H groups in total. The molecule has 0 saturated carbocycles. The molecule has 0 atom stereocenters. The zero-order valence-electron chi connectivity index (χ0n) is 19.7. The first-order valence-electron chi connectivity index (χ1n) is 10.6. The van der Waals surface area contributed by atoms with Crippen molar-refractivity contribution < 1.29 is 18.9 Å². The van der Waals surface area contributed by atoms with Gasteiger partial charge in [-0.05, 0) is 43.2 Å². The predicted molar refractivity (Wildman–Crippen MR) is 140 cm³/mol. The molecule has 0 spiro atoms. The lowest BCUT2D eigenvalue weighted by molar-refractivity contribution is 0.171. The third-order valence-corrected chi connectivity index (χ3v) is 4.63. The van der Waals surface area contributed by atoms with Gasteiger partial charge in [-0.1, -0.05) is 18.2 Å². The molecule has 2 aromatic carbocycles. The first-order valence-corrected chi connectivity index (χ1v) is 10.6. The standard InChI is InChI=1S/C24H35N3O4.HI/c1-6-25-24(26-16-19-9-11-21(29-4)23(15-19)30-5)27-17-20-10-8-18(2)14-22(20)31-13-7-12-28-3;/h8-11,14-15H,6-7,12-13,16-17H2,1-5H3,(H2,25,26,27);1H. The van der Waals surface area contributed by atoms with E-state index in [2.05, 4.69) is 35.8 Å². The van der Waals surface area contributed by atoms with E-state index in [9.17, 15) is 0 Å². The summed E-state index contributed by atoms with van der Waals surface area (Å²) in [6.45, 7) is 7.32. The van der Waals surface area contributed by atoms with Gasteiger partial charge in [0.25, 0.3) is 0 Å². The van der Waals surface area contributed by atoms with Gasteiger partial charge in [0.2, 0.25) is 0 Å². The molecule has 178 valence electrons. The Hall–Kier alpha value is -2.20. The van der Waals surface area contributed by atoms with E-state index in [-0.39, 0.29) is 24.0 Å². The second-order valence-corrected chi connectivity index (χ2v) is 7.04. The Balaban J connectivity index is 0.00000512. The van der Waals surface area contributed by atoms with E-state index in [4.69, 9.17) is 23.9 Å². The molecule has 8 heteroatoms. The number of aryl methyl sites for hydroxylation is 1. The Morgan fingerprint density at radius 3 is 2.38 bits per heavy atom. The van der Waals surface area contributed by atoms with Crippen LogP contribution in [0, 0.1) is 6.92 Å². The Morgan fingerprint density at radius 1 is 0.906 bits per heavy atom. The molecule has 2 aromatic rings. The number of nitrogens with one attached hydrogen (secondary N) is 2. The number of ether oxygens (including phenoxy) is 4. The molecule has 0 aliphatic heterocycles. The van der Waals surface area contributed by atoms with Crippen LogP contribution in [0.25, 0.3) is 0 Å². The van der Waals surface area contributed by atoms with Crippen molar-refractivity contribution in [3.8, 4) is 17.2 Å². The Morgan fingerprint density at radius 2 is 1.69 bits per heavy atom. The van der Waals surface area contributed by atoms with Gasteiger partial charge in [0.1, 0.15) is 5.75 Å². The van der Waals surface area contributed by atoms with Crippen LogP contribution in [0.2, 0.25) is 0 Å². The van der Waals surface area contributed by atoms with E-state index in [0.29, 0.717) is 37.8 Å². The molecule has 32 heavy (non-hydrogen) atoms. The van der Waals surface area contributed by atoms with Gasteiger partial charge >= 0.3 is 0 Å². The molecular formula is C24H36IN3O4. The number of halogens is 1. The summed E-state index contributed by atoms with van der Waals surface area (Å²) in [7, 11) is 4.96. The van der Waals surface area contributed by atoms with E-state index < -0.39 is 0 Å². The smallest absolute Gasteiger partial charge is 0.191 e. The number of aliphatic imine (C=N–C) groups is 1. The second kappa shape index (κ2) is 15.6. The number of hydrogen-bond acceptors (Lipinski definition) is 5. The maximum absolute atomic E-state index is 5.98. The van der Waals surface area contributed by atoms with Gasteiger partial charge < -0.3 is 29.6 Å². The van der Waals surface area contributed by atoms with E-state index in [1.165, 1.54) is 5.56 Å². The van der Waals surface area contributed by atoms with Crippen molar-refractivity contribution in [3.63, 3.8) is 0 Å². The molecule has 2 rings (SSSR count). The third-order valence-electron chi connectivity index (χ3n) is 4.63. The van der Waals surface area contributed by atoms with Gasteiger partial charge in [-0.25, -0.2) is 4.99 Å². The van der Waals surface area contributed by atoms with Crippen molar-refractivity contribution in [1.29, 1.82) is 0 Å². The lowest BCUT2D eigenvalue weighted by atomic mass is 10.1. The Bertz CT molecular complexity index is 846. The van der Waals surface area contributed by atoms with Gasteiger partial charge in [-0.15, -0.1) is 24.0 Å². The fourth-order valence-electron chi connectivity index (χ4n) is 3.00. The van der Waals surface area contributed by atoms with E-state index in [1.807, 2.05) is 25.1 Å². The average Bonchev–Trinajstić information content (AvgIpc) is 2.79. The van der Waals surface area contributed by atoms with Crippen LogP contribution < -0.4 is 24.8 Å². The van der Waals surface area contributed by atoms with Crippen LogP contribution in [0.5, 0.6) is 17.2 Å². The van der Waals surface area contributed by atoms with Crippen molar-refractivity contribution in [3.05, 3.63) is 53.1 Å². The van der Waals surface area contributed by atoms with Crippen LogP contribution in [0.1, 0.15) is 30.0 Å². The van der Waals surface area contributed by atoms with E-state index in [1.54, 1.807) is 21.3 Å². The highest BCUT2D eigenvalue weighted by molar-refractivity contribution is 14.0. The van der Waals surface area contributed by atoms with Crippen LogP contribution in [0.3, 0.4) is 0 Å². The molecule has 0 heterocycles. The number of methoxy groups -OCH3 is 3. The van der Waals surface area contributed by atoms with Gasteiger partial charge in [0.05, 0.1) is 27.4 Å². The first kappa shape index (κ1) is 27.8. The summed E-state index contributed by atoms with van der Waals surface area (Å²) in [6, 6.07) is 12.1. The van der Waals surface area contributed by atoms with Crippen molar-refractivity contribution in [2.24, 2.45) is 4.99 Å². The highest BCUT2D eigenvalue weighted by atomic mass is 127. The van der Waals surface area contributed by atoms with Crippen LogP contribution >= 0.6 is 24.0 Å². The van der Waals surface area contributed by atoms with Gasteiger partial charge in [0.15, 0.2) is 17.5 Å². The SMILES string of the molecule is CCNC(=NCc1ccc(OC)c(OC)c1)NCc1ccc(C)cc1OCCCOC.I. The number of hydrogen-bond donors (Lipinski definition) is 2. The molecule has 0 saturated heterocycles. The highest BCUT2D eigenvalue weighted by Gasteiger charge is 2.07. The minimum atomic E-state index is 0. The van der Waals surface area contributed by atoms with Gasteiger partial charge in [-0.2, -0.15) is 0 Å². The largest absolute Gasteiger partial charge is 0.493 e. The van der Waals surface area contributed by atoms with E-state index in [0.717, 1.165) is 35.8 Å². The number of guanidine groups is 1. The zero-order chi connectivity index (χ0) is 22.5. The van der Waals surface area contributed by atoms with Crippen LogP contribution in [-0.2, 0) is 17.8 Å². The van der Waals surface area contributed by atoms with Crippen molar-refractivity contribution in [2.75, 3.05) is 41.1 Å². The molecular weight excluding hydrogens is 521 g/mol. The summed E-state index contributed by atoms with van der Waals surface area (Å²) < 4.78 is 21.8. The lowest BCUT2D eigenvalue weighted by Crippen LogP contribution is -2.36. The molecule has 0 radical (unpaired) electrons. The number of benzene rings is 2. The summed E-state index contributed by atoms with van der Waals surface area (Å²) in [5, 5.41) is 6.69. The van der Waals surface area contributed by atoms with E-state index >= 15 is 0 Å². The van der Waals surface area contributed by atoms with Crippen molar-refractivity contribution in [2.45, 2.75) is 33.4 Å². The molecule has 0 aromatic heterocycles. The summed E-state index contributed by atoms with van der Waals surface area (Å²) >= 11 is 0. The monoisotopic (exact) mass is 557 g/mol. The Kier molecular flexibility index (Phi) is 13.5. The molecule has 0 amide bonds. The molecule has 7 nitrogen and oxygen atoms in total. The first-order chi connectivity index (χ1) is 15.1. The topological polar surface area (TPSA) is 73.3 Å². The van der Waals surface area contributed by atoms with Crippen molar-refractivity contribution in [1.82, 2.24) is 10.6 Å². The third kappa shape index (κ3) is 9.12. The maximum Gasteiger partial charge on any atom is 0.191 e. The molecule has 0 aliphatic carbocycles. The molecule has 0 bridgehead atoms. The fraction of sp³-hybridized carbons (Fsp3) is 0.458. The maximum atomic E-state index is 5.98. The summed E-state index contributed by atoms with van der Waals surface area (Å²) in [5.41, 5.74) is 3.28. The summed E-state index contributed by atoms with van der Waals surface area (Å²) in [6.07, 6.45) is 0.854. The van der Waals surface area contributed by atoms with Gasteiger partial charge in [-0.3, -0.25) is 0 Å².